The number of hydrogen-bond donors (Lipinski definition) is 1. The number of alkyl halides is 3. The van der Waals surface area contributed by atoms with Crippen molar-refractivity contribution in [1.29, 1.82) is 0 Å². The van der Waals surface area contributed by atoms with Crippen LogP contribution in [0.5, 0.6) is 0 Å². The number of benzene rings is 2. The van der Waals surface area contributed by atoms with Crippen molar-refractivity contribution in [1.82, 2.24) is 0 Å². The number of nitrogens with one attached hydrogen (secondary N) is 1. The lowest BCUT2D eigenvalue weighted by Gasteiger charge is -2.23. The number of anilines is 2. The molecule has 138 valence electrons. The van der Waals surface area contributed by atoms with Gasteiger partial charge in [0.15, 0.2) is 0 Å². The second-order valence-corrected chi connectivity index (χ2v) is 7.12. The zero-order chi connectivity index (χ0) is 18.6. The summed E-state index contributed by atoms with van der Waals surface area (Å²) < 4.78 is 39.2. The van der Waals surface area contributed by atoms with E-state index in [2.05, 4.69) is 5.32 Å². The van der Waals surface area contributed by atoms with Crippen LogP contribution < -0.4 is 10.2 Å². The van der Waals surface area contributed by atoms with Gasteiger partial charge in [0.2, 0.25) is 5.91 Å². The van der Waals surface area contributed by atoms with Crippen LogP contribution in [0.25, 0.3) is 0 Å². The standard InChI is InChI=1S/C19H19F3N2OS/c20-19(21,22)14-8-9-17(24-10-4-5-11-24)16(12-14)23-18(25)13-26-15-6-2-1-3-7-15/h1-3,6-9,12H,4-5,10-11,13H2,(H,23,25). The van der Waals surface area contributed by atoms with Crippen molar-refractivity contribution in [3.05, 3.63) is 54.1 Å². The molecule has 1 aliphatic heterocycles. The van der Waals surface area contributed by atoms with Gasteiger partial charge < -0.3 is 10.2 Å². The van der Waals surface area contributed by atoms with Gasteiger partial charge in [0.25, 0.3) is 0 Å². The van der Waals surface area contributed by atoms with Crippen molar-refractivity contribution >= 4 is 29.0 Å². The Labute approximate surface area is 154 Å². The number of carbonyl (C=O) groups excluding carboxylic acids is 1. The molecular formula is C19H19F3N2OS. The first-order chi connectivity index (χ1) is 12.4. The molecule has 0 spiro atoms. The van der Waals surface area contributed by atoms with Gasteiger partial charge >= 0.3 is 6.18 Å². The maximum atomic E-state index is 13.1. The third kappa shape index (κ3) is 4.72. The summed E-state index contributed by atoms with van der Waals surface area (Å²) in [5.41, 5.74) is 0.111. The highest BCUT2D eigenvalue weighted by molar-refractivity contribution is 8.00. The molecule has 1 heterocycles. The summed E-state index contributed by atoms with van der Waals surface area (Å²) in [7, 11) is 0. The third-order valence-corrected chi connectivity index (χ3v) is 5.17. The topological polar surface area (TPSA) is 32.3 Å². The van der Waals surface area contributed by atoms with E-state index in [1.165, 1.54) is 17.8 Å². The van der Waals surface area contributed by atoms with Crippen LogP contribution in [-0.2, 0) is 11.0 Å². The normalized spacial score (nSPS) is 14.5. The Balaban J connectivity index is 1.76. The van der Waals surface area contributed by atoms with Crippen molar-refractivity contribution in [3.63, 3.8) is 0 Å². The zero-order valence-corrected chi connectivity index (χ0v) is 14.9. The van der Waals surface area contributed by atoms with Crippen LogP contribution in [0.15, 0.2) is 53.4 Å². The Kier molecular flexibility index (Phi) is 5.76. The molecule has 1 aliphatic rings. The molecule has 3 rings (SSSR count). The molecule has 1 N–H and O–H groups in total. The van der Waals surface area contributed by atoms with Crippen molar-refractivity contribution in [2.24, 2.45) is 0 Å². The summed E-state index contributed by atoms with van der Waals surface area (Å²) in [4.78, 5) is 15.2. The summed E-state index contributed by atoms with van der Waals surface area (Å²) >= 11 is 1.35. The van der Waals surface area contributed by atoms with E-state index in [0.717, 1.165) is 43.0 Å². The van der Waals surface area contributed by atoms with Crippen molar-refractivity contribution in [3.8, 4) is 0 Å². The first kappa shape index (κ1) is 18.6. The van der Waals surface area contributed by atoms with Gasteiger partial charge in [0, 0.05) is 18.0 Å². The summed E-state index contributed by atoms with van der Waals surface area (Å²) in [6.45, 7) is 1.57. The lowest BCUT2D eigenvalue weighted by atomic mass is 10.1. The van der Waals surface area contributed by atoms with E-state index >= 15 is 0 Å². The van der Waals surface area contributed by atoms with Gasteiger partial charge in [-0.2, -0.15) is 13.2 Å². The van der Waals surface area contributed by atoms with Crippen molar-refractivity contribution in [2.75, 3.05) is 29.1 Å². The van der Waals surface area contributed by atoms with Gasteiger partial charge in [0.1, 0.15) is 0 Å². The second kappa shape index (κ2) is 8.03. The van der Waals surface area contributed by atoms with Crippen LogP contribution in [0.2, 0.25) is 0 Å². The quantitative estimate of drug-likeness (QED) is 0.738. The molecule has 7 heteroatoms. The number of nitrogens with zero attached hydrogens (tertiary/aromatic N) is 1. The van der Waals surface area contributed by atoms with Gasteiger partial charge in [-0.05, 0) is 43.2 Å². The Bertz CT molecular complexity index is 759. The fourth-order valence-electron chi connectivity index (χ4n) is 2.90. The molecule has 2 aromatic rings. The van der Waals surface area contributed by atoms with Crippen LogP contribution >= 0.6 is 11.8 Å². The summed E-state index contributed by atoms with van der Waals surface area (Å²) in [6, 6.07) is 13.0. The van der Waals surface area contributed by atoms with Crippen LogP contribution in [0.1, 0.15) is 18.4 Å². The summed E-state index contributed by atoms with van der Waals surface area (Å²) in [5, 5.41) is 2.67. The predicted octanol–water partition coefficient (Wildman–Crippen LogP) is 5.04. The number of amides is 1. The predicted molar refractivity (Wildman–Crippen MR) is 98.7 cm³/mol. The van der Waals surface area contributed by atoms with Gasteiger partial charge in [0.05, 0.1) is 22.7 Å². The summed E-state index contributed by atoms with van der Waals surface area (Å²) in [6.07, 6.45) is -2.45. The van der Waals surface area contributed by atoms with E-state index < -0.39 is 11.7 Å². The van der Waals surface area contributed by atoms with Gasteiger partial charge in [-0.3, -0.25) is 4.79 Å². The third-order valence-electron chi connectivity index (χ3n) is 4.16. The molecule has 1 fully saturated rings. The van der Waals surface area contributed by atoms with Crippen LogP contribution in [0.4, 0.5) is 24.5 Å². The summed E-state index contributed by atoms with van der Waals surface area (Å²) in [5.74, 6) is -0.182. The average Bonchev–Trinajstić information content (AvgIpc) is 3.14. The fraction of sp³-hybridized carbons (Fsp3) is 0.316. The van der Waals surface area contributed by atoms with Crippen molar-refractivity contribution in [2.45, 2.75) is 23.9 Å². The maximum Gasteiger partial charge on any atom is 0.416 e. The Morgan fingerprint density at radius 1 is 1.08 bits per heavy atom. The van der Waals surface area contributed by atoms with Gasteiger partial charge in [-0.15, -0.1) is 11.8 Å². The Morgan fingerprint density at radius 3 is 2.42 bits per heavy atom. The van der Waals surface area contributed by atoms with E-state index in [0.29, 0.717) is 5.69 Å². The molecular weight excluding hydrogens is 361 g/mol. The highest BCUT2D eigenvalue weighted by Crippen LogP contribution is 2.36. The molecule has 0 radical (unpaired) electrons. The Hall–Kier alpha value is -2.15. The molecule has 1 saturated heterocycles. The molecule has 0 unspecified atom stereocenters. The van der Waals surface area contributed by atoms with E-state index in [1.54, 1.807) is 0 Å². The molecule has 0 atom stereocenters. The highest BCUT2D eigenvalue weighted by Gasteiger charge is 2.32. The first-order valence-electron chi connectivity index (χ1n) is 8.37. The molecule has 0 aromatic heterocycles. The molecule has 0 bridgehead atoms. The number of halogens is 3. The minimum atomic E-state index is -4.44. The van der Waals surface area contributed by atoms with Gasteiger partial charge in [-0.1, -0.05) is 18.2 Å². The van der Waals surface area contributed by atoms with Crippen molar-refractivity contribution < 1.29 is 18.0 Å². The zero-order valence-electron chi connectivity index (χ0n) is 14.1. The number of hydrogen-bond acceptors (Lipinski definition) is 3. The van der Waals surface area contributed by atoms with Crippen LogP contribution in [-0.4, -0.2) is 24.7 Å². The van der Waals surface area contributed by atoms with E-state index in [-0.39, 0.29) is 17.3 Å². The second-order valence-electron chi connectivity index (χ2n) is 6.07. The molecule has 3 nitrogen and oxygen atoms in total. The van der Waals surface area contributed by atoms with Gasteiger partial charge in [-0.25, -0.2) is 0 Å². The largest absolute Gasteiger partial charge is 0.416 e. The van der Waals surface area contributed by atoms with E-state index in [4.69, 9.17) is 0 Å². The van der Waals surface area contributed by atoms with E-state index in [1.807, 2.05) is 35.2 Å². The molecule has 1 amide bonds. The molecule has 2 aromatic carbocycles. The van der Waals surface area contributed by atoms with Crippen LogP contribution in [0.3, 0.4) is 0 Å². The SMILES string of the molecule is O=C(CSc1ccccc1)Nc1cc(C(F)(F)F)ccc1N1CCCC1. The lowest BCUT2D eigenvalue weighted by Crippen LogP contribution is -2.22. The van der Waals surface area contributed by atoms with Crippen LogP contribution in [0, 0.1) is 0 Å². The number of rotatable bonds is 5. The fourth-order valence-corrected chi connectivity index (χ4v) is 3.62. The molecule has 26 heavy (non-hydrogen) atoms. The number of thioether (sulfide) groups is 1. The first-order valence-corrected chi connectivity index (χ1v) is 9.36. The minimum Gasteiger partial charge on any atom is -0.370 e. The number of carbonyl (C=O) groups is 1. The highest BCUT2D eigenvalue weighted by atomic mass is 32.2. The monoisotopic (exact) mass is 380 g/mol. The smallest absolute Gasteiger partial charge is 0.370 e. The maximum absolute atomic E-state index is 13.1. The van der Waals surface area contributed by atoms with E-state index in [9.17, 15) is 18.0 Å². The molecule has 0 saturated carbocycles. The Morgan fingerprint density at radius 2 is 1.77 bits per heavy atom. The molecule has 0 aliphatic carbocycles. The lowest BCUT2D eigenvalue weighted by molar-refractivity contribution is -0.137. The minimum absolute atomic E-state index is 0.139. The average molecular weight is 380 g/mol.